The summed E-state index contributed by atoms with van der Waals surface area (Å²) in [4.78, 5) is 20.1. The van der Waals surface area contributed by atoms with E-state index in [-0.39, 0.29) is 0 Å². The molecule has 6 nitrogen and oxygen atoms in total. The molecule has 0 aliphatic rings. The number of carbonyl (C=O) groups excluding carboxylic acids is 1. The summed E-state index contributed by atoms with van der Waals surface area (Å²) in [5, 5.41) is 10.1. The van der Waals surface area contributed by atoms with Gasteiger partial charge in [0.15, 0.2) is 6.61 Å². The molecule has 9 heteroatoms. The first-order valence-corrected chi connectivity index (χ1v) is 3.78. The fraction of sp³-hybridized carbons (Fsp3) is 0.286. The van der Waals surface area contributed by atoms with Gasteiger partial charge < -0.3 is 9.15 Å². The van der Waals surface area contributed by atoms with Crippen molar-refractivity contribution in [2.45, 2.75) is 6.18 Å². The minimum atomic E-state index is -4.66. The van der Waals surface area contributed by atoms with Gasteiger partial charge in [-0.3, -0.25) is 10.1 Å². The van der Waals surface area contributed by atoms with Crippen LogP contribution in [0.15, 0.2) is 16.5 Å². The van der Waals surface area contributed by atoms with Crippen LogP contribution < -0.4 is 0 Å². The van der Waals surface area contributed by atoms with Crippen molar-refractivity contribution >= 4 is 11.9 Å². The van der Waals surface area contributed by atoms with Gasteiger partial charge in [-0.05, 0) is 6.07 Å². The highest BCUT2D eigenvalue weighted by atomic mass is 19.4. The molecule has 16 heavy (non-hydrogen) atoms. The first kappa shape index (κ1) is 12.0. The summed E-state index contributed by atoms with van der Waals surface area (Å²) in [5.41, 5.74) is 0. The molecule has 0 saturated heterocycles. The van der Waals surface area contributed by atoms with Gasteiger partial charge in [0.2, 0.25) is 5.76 Å². The number of halogens is 3. The molecule has 0 aliphatic heterocycles. The quantitative estimate of drug-likeness (QED) is 0.457. The number of rotatable bonds is 3. The summed E-state index contributed by atoms with van der Waals surface area (Å²) < 4.78 is 43.1. The standard InChI is InChI=1S/C7H4F3NO5/c8-7(9,10)3-15-6(12)4-1-2-5(16-4)11(13)14/h1-2H,3H2. The summed E-state index contributed by atoms with van der Waals surface area (Å²) in [6, 6.07) is 1.70. The van der Waals surface area contributed by atoms with Crippen molar-refractivity contribution in [2.24, 2.45) is 0 Å². The highest BCUT2D eigenvalue weighted by molar-refractivity contribution is 5.86. The Morgan fingerprint density at radius 3 is 2.56 bits per heavy atom. The molecule has 0 radical (unpaired) electrons. The van der Waals surface area contributed by atoms with Crippen LogP contribution in [-0.2, 0) is 4.74 Å². The van der Waals surface area contributed by atoms with Crippen molar-refractivity contribution in [3.05, 3.63) is 28.0 Å². The van der Waals surface area contributed by atoms with Crippen molar-refractivity contribution < 1.29 is 32.0 Å². The maximum absolute atomic E-state index is 11.6. The lowest BCUT2D eigenvalue weighted by Gasteiger charge is -2.05. The fourth-order valence-corrected chi connectivity index (χ4v) is 0.754. The largest absolute Gasteiger partial charge is 0.450 e. The molecule has 0 N–H and O–H groups in total. The van der Waals surface area contributed by atoms with Gasteiger partial charge in [-0.25, -0.2) is 4.79 Å². The van der Waals surface area contributed by atoms with Gasteiger partial charge in [-0.2, -0.15) is 13.2 Å². The number of nitro groups is 1. The van der Waals surface area contributed by atoms with E-state index in [9.17, 15) is 28.1 Å². The van der Waals surface area contributed by atoms with Gasteiger partial charge in [-0.1, -0.05) is 0 Å². The van der Waals surface area contributed by atoms with Gasteiger partial charge in [0, 0.05) is 0 Å². The molecule has 0 atom stereocenters. The third kappa shape index (κ3) is 3.26. The molecule has 1 rings (SSSR count). The average molecular weight is 239 g/mol. The van der Waals surface area contributed by atoms with E-state index >= 15 is 0 Å². The Morgan fingerprint density at radius 2 is 2.12 bits per heavy atom. The first-order valence-electron chi connectivity index (χ1n) is 3.78. The number of hydrogen-bond acceptors (Lipinski definition) is 5. The van der Waals surface area contributed by atoms with Crippen LogP contribution in [0.2, 0.25) is 0 Å². The number of hydrogen-bond donors (Lipinski definition) is 0. The van der Waals surface area contributed by atoms with Gasteiger partial charge in [0.1, 0.15) is 4.92 Å². The number of carbonyl (C=O) groups is 1. The van der Waals surface area contributed by atoms with Crippen molar-refractivity contribution in [2.75, 3.05) is 6.61 Å². The van der Waals surface area contributed by atoms with Crippen molar-refractivity contribution in [1.29, 1.82) is 0 Å². The molecule has 0 unspecified atom stereocenters. The molecule has 1 heterocycles. The summed E-state index contributed by atoms with van der Waals surface area (Å²) >= 11 is 0. The van der Waals surface area contributed by atoms with Crippen LogP contribution in [0.3, 0.4) is 0 Å². The van der Waals surface area contributed by atoms with E-state index in [0.29, 0.717) is 0 Å². The molecule has 0 aliphatic carbocycles. The first-order chi connectivity index (χ1) is 7.29. The van der Waals surface area contributed by atoms with Crippen LogP contribution in [-0.4, -0.2) is 23.7 Å². The molecule has 0 amide bonds. The summed E-state index contributed by atoms with van der Waals surface area (Å²) in [6.07, 6.45) is -4.66. The predicted octanol–water partition coefficient (Wildman–Crippen LogP) is 1.91. The smallest absolute Gasteiger partial charge is 0.433 e. The van der Waals surface area contributed by atoms with Gasteiger partial charge >= 0.3 is 18.0 Å². The number of furan rings is 1. The lowest BCUT2D eigenvalue weighted by Crippen LogP contribution is -2.20. The Balaban J connectivity index is 2.63. The Labute approximate surface area is 85.7 Å². The highest BCUT2D eigenvalue weighted by Crippen LogP contribution is 2.19. The highest BCUT2D eigenvalue weighted by Gasteiger charge is 2.30. The molecule has 1 aromatic heterocycles. The van der Waals surface area contributed by atoms with E-state index in [4.69, 9.17) is 0 Å². The van der Waals surface area contributed by atoms with Crippen LogP contribution in [0.25, 0.3) is 0 Å². The van der Waals surface area contributed by atoms with Crippen LogP contribution >= 0.6 is 0 Å². The van der Waals surface area contributed by atoms with Gasteiger partial charge in [-0.15, -0.1) is 0 Å². The van der Waals surface area contributed by atoms with Crippen molar-refractivity contribution in [1.82, 2.24) is 0 Å². The van der Waals surface area contributed by atoms with Crippen molar-refractivity contribution in [3.8, 4) is 0 Å². The third-order valence-electron chi connectivity index (χ3n) is 1.34. The van der Waals surface area contributed by atoms with E-state index in [2.05, 4.69) is 9.15 Å². The lowest BCUT2D eigenvalue weighted by atomic mass is 10.4. The van der Waals surface area contributed by atoms with E-state index < -0.39 is 35.3 Å². The summed E-state index contributed by atoms with van der Waals surface area (Å²) in [6.45, 7) is -1.78. The molecule has 0 spiro atoms. The summed E-state index contributed by atoms with van der Waals surface area (Å²) in [5.74, 6) is -2.82. The lowest BCUT2D eigenvalue weighted by molar-refractivity contribution is -0.402. The molecule has 0 bridgehead atoms. The number of alkyl halides is 3. The van der Waals surface area contributed by atoms with Crippen LogP contribution in [0.1, 0.15) is 10.6 Å². The van der Waals surface area contributed by atoms with Crippen molar-refractivity contribution in [3.63, 3.8) is 0 Å². The molecule has 88 valence electrons. The van der Waals surface area contributed by atoms with E-state index in [1.807, 2.05) is 0 Å². The van der Waals surface area contributed by atoms with Gasteiger partial charge in [0.25, 0.3) is 0 Å². The monoisotopic (exact) mass is 239 g/mol. The summed E-state index contributed by atoms with van der Waals surface area (Å²) in [7, 11) is 0. The molecular formula is C7H4F3NO5. The zero-order valence-electron chi connectivity index (χ0n) is 7.48. The van der Waals surface area contributed by atoms with Crippen LogP contribution in [0, 0.1) is 10.1 Å². The zero-order valence-corrected chi connectivity index (χ0v) is 7.48. The van der Waals surface area contributed by atoms with E-state index in [1.54, 1.807) is 0 Å². The Bertz CT molecular complexity index is 410. The number of nitrogens with zero attached hydrogens (tertiary/aromatic N) is 1. The normalized spacial score (nSPS) is 11.2. The SMILES string of the molecule is O=C(OCC(F)(F)F)c1ccc([N+](=O)[O-])o1. The molecule has 0 aromatic carbocycles. The molecule has 0 saturated carbocycles. The number of ether oxygens (including phenoxy) is 1. The second kappa shape index (κ2) is 4.21. The Hall–Kier alpha value is -2.06. The predicted molar refractivity (Wildman–Crippen MR) is 41.7 cm³/mol. The topological polar surface area (TPSA) is 82.6 Å². The molecule has 0 fully saturated rings. The van der Waals surface area contributed by atoms with Gasteiger partial charge in [0.05, 0.1) is 6.07 Å². The Morgan fingerprint density at radius 1 is 1.50 bits per heavy atom. The third-order valence-corrected chi connectivity index (χ3v) is 1.34. The second-order valence-corrected chi connectivity index (χ2v) is 2.59. The van der Waals surface area contributed by atoms with E-state index in [0.717, 1.165) is 12.1 Å². The zero-order chi connectivity index (χ0) is 12.3. The van der Waals surface area contributed by atoms with Crippen LogP contribution in [0.5, 0.6) is 0 Å². The number of esters is 1. The average Bonchev–Trinajstić information content (AvgIpc) is 2.61. The maximum atomic E-state index is 11.6. The maximum Gasteiger partial charge on any atom is 0.433 e. The minimum absolute atomic E-state index is 0.657. The Kier molecular flexibility index (Phi) is 3.16. The van der Waals surface area contributed by atoms with Crippen LogP contribution in [0.4, 0.5) is 19.1 Å². The van der Waals surface area contributed by atoms with E-state index in [1.165, 1.54) is 0 Å². The molecule has 1 aromatic rings. The molecular weight excluding hydrogens is 235 g/mol. The second-order valence-electron chi connectivity index (χ2n) is 2.59. The fourth-order valence-electron chi connectivity index (χ4n) is 0.754. The minimum Gasteiger partial charge on any atom is -0.450 e.